The molecule has 1 saturated heterocycles. The van der Waals surface area contributed by atoms with Gasteiger partial charge >= 0.3 is 5.97 Å². The van der Waals surface area contributed by atoms with Crippen LogP contribution in [0.1, 0.15) is 50.8 Å². The molecule has 0 radical (unpaired) electrons. The Labute approximate surface area is 201 Å². The van der Waals surface area contributed by atoms with Crippen LogP contribution in [0.2, 0.25) is 0 Å². The van der Waals surface area contributed by atoms with Crippen LogP contribution in [0, 0.1) is 5.92 Å². The van der Waals surface area contributed by atoms with Crippen molar-refractivity contribution in [2.45, 2.75) is 58.3 Å². The quantitative estimate of drug-likeness (QED) is 0.661. The van der Waals surface area contributed by atoms with Crippen molar-refractivity contribution in [2.75, 3.05) is 19.7 Å². The van der Waals surface area contributed by atoms with Crippen molar-refractivity contribution in [1.82, 2.24) is 9.80 Å². The van der Waals surface area contributed by atoms with Gasteiger partial charge in [-0.1, -0.05) is 56.3 Å². The van der Waals surface area contributed by atoms with E-state index in [-0.39, 0.29) is 17.9 Å². The highest BCUT2D eigenvalue weighted by molar-refractivity contribution is 5.90. The number of rotatable bonds is 7. The maximum atomic E-state index is 13.8. The van der Waals surface area contributed by atoms with E-state index in [1.165, 1.54) is 5.56 Å². The Kier molecular flexibility index (Phi) is 7.41. The SMILES string of the molecule is CCOc1cccc2c1OC(C(C)C)C(=O)N(C1CCN(Cc3ccccc3)CC1)C2C(=O)O. The van der Waals surface area contributed by atoms with Gasteiger partial charge in [-0.05, 0) is 37.3 Å². The molecule has 2 aliphatic heterocycles. The third-order valence-electron chi connectivity index (χ3n) is 6.66. The first-order valence-corrected chi connectivity index (χ1v) is 12.1. The number of para-hydroxylation sites is 1. The van der Waals surface area contributed by atoms with Gasteiger partial charge in [0.1, 0.15) is 0 Å². The van der Waals surface area contributed by atoms with Gasteiger partial charge in [-0.25, -0.2) is 4.79 Å². The fraction of sp³-hybridized carbons (Fsp3) is 0.481. The molecule has 1 fully saturated rings. The zero-order valence-corrected chi connectivity index (χ0v) is 20.1. The first kappa shape index (κ1) is 24.1. The third kappa shape index (κ3) is 4.89. The third-order valence-corrected chi connectivity index (χ3v) is 6.66. The Morgan fingerprint density at radius 1 is 1.12 bits per heavy atom. The van der Waals surface area contributed by atoms with Gasteiger partial charge in [-0.3, -0.25) is 9.69 Å². The Morgan fingerprint density at radius 3 is 2.44 bits per heavy atom. The maximum Gasteiger partial charge on any atom is 0.331 e. The number of hydrogen-bond acceptors (Lipinski definition) is 5. The highest BCUT2D eigenvalue weighted by Crippen LogP contribution is 2.43. The Bertz CT molecular complexity index is 1000. The molecule has 1 amide bonds. The Hall–Kier alpha value is -3.06. The van der Waals surface area contributed by atoms with Crippen LogP contribution < -0.4 is 9.47 Å². The summed E-state index contributed by atoms with van der Waals surface area (Å²) < 4.78 is 12.0. The molecule has 1 N–H and O–H groups in total. The summed E-state index contributed by atoms with van der Waals surface area (Å²) in [4.78, 5) is 30.4. The molecular weight excluding hydrogens is 432 g/mol. The van der Waals surface area contributed by atoms with Crippen molar-refractivity contribution in [1.29, 1.82) is 0 Å². The summed E-state index contributed by atoms with van der Waals surface area (Å²) in [6.45, 7) is 8.58. The first-order chi connectivity index (χ1) is 16.4. The fourth-order valence-electron chi connectivity index (χ4n) is 5.01. The molecule has 0 saturated carbocycles. The largest absolute Gasteiger partial charge is 0.490 e. The maximum absolute atomic E-state index is 13.8. The number of carbonyl (C=O) groups excluding carboxylic acids is 1. The molecule has 7 heteroatoms. The molecule has 2 unspecified atom stereocenters. The van der Waals surface area contributed by atoms with Gasteiger partial charge < -0.3 is 19.5 Å². The fourth-order valence-corrected chi connectivity index (χ4v) is 5.01. The number of nitrogens with zero attached hydrogens (tertiary/aromatic N) is 2. The lowest BCUT2D eigenvalue weighted by Crippen LogP contribution is -2.53. The summed E-state index contributed by atoms with van der Waals surface area (Å²) in [5.41, 5.74) is 1.72. The molecule has 2 aliphatic rings. The first-order valence-electron chi connectivity index (χ1n) is 12.1. The zero-order chi connectivity index (χ0) is 24.2. The second-order valence-corrected chi connectivity index (χ2v) is 9.37. The number of benzene rings is 2. The van der Waals surface area contributed by atoms with Crippen molar-refractivity contribution in [3.63, 3.8) is 0 Å². The lowest BCUT2D eigenvalue weighted by Gasteiger charge is -2.41. The van der Waals surface area contributed by atoms with E-state index in [4.69, 9.17) is 9.47 Å². The van der Waals surface area contributed by atoms with Crippen LogP contribution in [0.25, 0.3) is 0 Å². The normalized spacial score (nSPS) is 21.6. The minimum Gasteiger partial charge on any atom is -0.490 e. The molecule has 0 spiro atoms. The van der Waals surface area contributed by atoms with Crippen molar-refractivity contribution in [2.24, 2.45) is 5.92 Å². The minimum atomic E-state index is -1.11. The lowest BCUT2D eigenvalue weighted by molar-refractivity contribution is -0.157. The molecule has 2 aromatic rings. The van der Waals surface area contributed by atoms with Gasteiger partial charge in [0, 0.05) is 31.2 Å². The van der Waals surface area contributed by atoms with Crippen LogP contribution in [0.5, 0.6) is 11.5 Å². The van der Waals surface area contributed by atoms with Gasteiger partial charge in [-0.2, -0.15) is 0 Å². The zero-order valence-electron chi connectivity index (χ0n) is 20.1. The Morgan fingerprint density at radius 2 is 1.82 bits per heavy atom. The molecule has 182 valence electrons. The summed E-state index contributed by atoms with van der Waals surface area (Å²) in [5.74, 6) is -0.592. The number of carboxylic acids is 1. The molecule has 2 heterocycles. The van der Waals surface area contributed by atoms with Crippen molar-refractivity contribution >= 4 is 11.9 Å². The number of ether oxygens (including phenoxy) is 2. The molecule has 0 aromatic heterocycles. The van der Waals surface area contributed by atoms with E-state index in [1.807, 2.05) is 39.0 Å². The number of carboxylic acid groups (broad SMARTS) is 1. The van der Waals surface area contributed by atoms with Crippen molar-refractivity contribution in [3.05, 3.63) is 59.7 Å². The van der Waals surface area contributed by atoms with E-state index in [0.29, 0.717) is 36.5 Å². The molecular formula is C27H34N2O5. The predicted molar refractivity (Wildman–Crippen MR) is 129 cm³/mol. The molecule has 0 aliphatic carbocycles. The average molecular weight is 467 g/mol. The average Bonchev–Trinajstić information content (AvgIpc) is 2.95. The number of fused-ring (bicyclic) bond motifs is 1. The summed E-state index contributed by atoms with van der Waals surface area (Å²) in [6, 6.07) is 14.3. The van der Waals surface area contributed by atoms with Gasteiger partial charge in [0.2, 0.25) is 0 Å². The molecule has 34 heavy (non-hydrogen) atoms. The number of aliphatic carboxylic acids is 1. The number of hydrogen-bond donors (Lipinski definition) is 1. The van der Waals surface area contributed by atoms with E-state index in [1.54, 1.807) is 23.1 Å². The Balaban J connectivity index is 1.64. The predicted octanol–water partition coefficient (Wildman–Crippen LogP) is 4.12. The van der Waals surface area contributed by atoms with Gasteiger partial charge in [-0.15, -0.1) is 0 Å². The standard InChI is InChI=1S/C27H34N2O5/c1-4-33-22-12-8-11-21-23(27(31)32)29(26(30)24(18(2)3)34-25(21)22)20-13-15-28(16-14-20)17-19-9-6-5-7-10-19/h5-12,18,20,23-24H,4,13-17H2,1-3H3,(H,31,32). The second kappa shape index (κ2) is 10.5. The highest BCUT2D eigenvalue weighted by Gasteiger charge is 2.46. The second-order valence-electron chi connectivity index (χ2n) is 9.37. The molecule has 7 nitrogen and oxygen atoms in total. The molecule has 4 rings (SSSR count). The molecule has 2 aromatic carbocycles. The minimum absolute atomic E-state index is 0.122. The van der Waals surface area contributed by atoms with Crippen molar-refractivity contribution in [3.8, 4) is 11.5 Å². The van der Waals surface area contributed by atoms with Crippen LogP contribution in [0.15, 0.2) is 48.5 Å². The summed E-state index contributed by atoms with van der Waals surface area (Å²) in [7, 11) is 0. The topological polar surface area (TPSA) is 79.3 Å². The van der Waals surface area contributed by atoms with Crippen LogP contribution in [-0.2, 0) is 16.1 Å². The van der Waals surface area contributed by atoms with Crippen molar-refractivity contribution < 1.29 is 24.2 Å². The van der Waals surface area contributed by atoms with Gasteiger partial charge in [0.25, 0.3) is 5.91 Å². The van der Waals surface area contributed by atoms with Crippen LogP contribution in [0.3, 0.4) is 0 Å². The number of piperidine rings is 1. The highest BCUT2D eigenvalue weighted by atomic mass is 16.5. The lowest BCUT2D eigenvalue weighted by atomic mass is 9.95. The van der Waals surface area contributed by atoms with E-state index < -0.39 is 18.1 Å². The smallest absolute Gasteiger partial charge is 0.331 e. The van der Waals surface area contributed by atoms with E-state index in [0.717, 1.165) is 19.6 Å². The molecule has 2 atom stereocenters. The monoisotopic (exact) mass is 466 g/mol. The summed E-state index contributed by atoms with van der Waals surface area (Å²) in [6.07, 6.45) is 0.661. The van der Waals surface area contributed by atoms with E-state index in [2.05, 4.69) is 17.0 Å². The number of likely N-dealkylation sites (tertiary alicyclic amines) is 1. The number of amides is 1. The van der Waals surface area contributed by atoms with Crippen LogP contribution in [-0.4, -0.2) is 58.6 Å². The summed E-state index contributed by atoms with van der Waals surface area (Å²) >= 11 is 0. The van der Waals surface area contributed by atoms with E-state index in [9.17, 15) is 14.7 Å². The van der Waals surface area contributed by atoms with E-state index >= 15 is 0 Å². The van der Waals surface area contributed by atoms with Crippen LogP contribution in [0.4, 0.5) is 0 Å². The molecule has 0 bridgehead atoms. The summed E-state index contributed by atoms with van der Waals surface area (Å²) in [5, 5.41) is 10.3. The van der Waals surface area contributed by atoms with Crippen LogP contribution >= 0.6 is 0 Å². The number of carbonyl (C=O) groups is 2. The van der Waals surface area contributed by atoms with Gasteiger partial charge in [0.15, 0.2) is 23.6 Å². The van der Waals surface area contributed by atoms with Gasteiger partial charge in [0.05, 0.1) is 6.61 Å².